The Kier molecular flexibility index (Phi) is 5.03. The second-order valence-corrected chi connectivity index (χ2v) is 6.47. The monoisotopic (exact) mass is 357 g/mol. The van der Waals surface area contributed by atoms with Gasteiger partial charge in [-0.1, -0.05) is 12.1 Å². The second-order valence-electron chi connectivity index (χ2n) is 4.72. The predicted octanol–water partition coefficient (Wildman–Crippen LogP) is 2.46. The summed E-state index contributed by atoms with van der Waals surface area (Å²) in [5.74, 6) is -3.49. The molecular weight excluding hydrogens is 344 g/mol. The van der Waals surface area contributed by atoms with E-state index >= 15 is 0 Å². The highest BCUT2D eigenvalue weighted by Gasteiger charge is 2.20. The Hall–Kier alpha value is -2.68. The van der Waals surface area contributed by atoms with Crippen LogP contribution in [-0.2, 0) is 10.0 Å². The number of sulfonamides is 1. The smallest absolute Gasteiger partial charge is 0.267 e. The summed E-state index contributed by atoms with van der Waals surface area (Å²) in [6, 6.07) is 7.54. The number of benzene rings is 2. The summed E-state index contributed by atoms with van der Waals surface area (Å²) in [4.78, 5) is 11.6. The van der Waals surface area contributed by atoms with Gasteiger partial charge in [-0.15, -0.1) is 0 Å². The van der Waals surface area contributed by atoms with Gasteiger partial charge in [-0.3, -0.25) is 4.79 Å². The molecule has 0 spiro atoms. The minimum atomic E-state index is -3.91. The van der Waals surface area contributed by atoms with Crippen LogP contribution in [0.1, 0.15) is 10.4 Å². The molecule has 0 atom stereocenters. The van der Waals surface area contributed by atoms with Gasteiger partial charge >= 0.3 is 0 Å². The van der Waals surface area contributed by atoms with Crippen molar-refractivity contribution in [2.24, 2.45) is 0 Å². The average Bonchev–Trinajstić information content (AvgIpc) is 2.49. The third-order valence-electron chi connectivity index (χ3n) is 2.83. The zero-order chi connectivity index (χ0) is 17.9. The average molecular weight is 357 g/mol. The van der Waals surface area contributed by atoms with Crippen LogP contribution in [0.4, 0.5) is 8.78 Å². The van der Waals surface area contributed by atoms with Gasteiger partial charge in [0.05, 0.1) is 18.9 Å². The lowest BCUT2D eigenvalue weighted by atomic mass is 10.2. The Morgan fingerprint density at radius 3 is 2.25 bits per heavy atom. The van der Waals surface area contributed by atoms with Gasteiger partial charge in [-0.2, -0.15) is 0 Å². The van der Waals surface area contributed by atoms with E-state index in [1.165, 1.54) is 13.2 Å². The minimum absolute atomic E-state index is 0.145. The molecule has 0 heterocycles. The lowest BCUT2D eigenvalue weighted by Gasteiger charge is -2.12. The second kappa shape index (κ2) is 6.83. The molecule has 0 saturated carbocycles. The van der Waals surface area contributed by atoms with Gasteiger partial charge in [-0.25, -0.2) is 21.9 Å². The molecule has 2 aromatic rings. The van der Waals surface area contributed by atoms with E-state index < -0.39 is 38.9 Å². The molecule has 6 nitrogen and oxygen atoms in total. The number of carbonyl (C=O) groups excluding carboxylic acids is 1. The normalized spacial score (nSPS) is 11.0. The number of hydrogen-bond acceptors (Lipinski definition) is 5. The van der Waals surface area contributed by atoms with Crippen LogP contribution in [0.5, 0.6) is 17.2 Å². The molecule has 1 amide bonds. The van der Waals surface area contributed by atoms with Crippen molar-refractivity contribution < 1.29 is 31.5 Å². The fourth-order valence-electron chi connectivity index (χ4n) is 1.83. The van der Waals surface area contributed by atoms with E-state index in [1.807, 2.05) is 0 Å². The van der Waals surface area contributed by atoms with E-state index in [9.17, 15) is 22.0 Å². The van der Waals surface area contributed by atoms with Crippen molar-refractivity contribution in [1.82, 2.24) is 4.72 Å². The third-order valence-corrected chi connectivity index (χ3v) is 3.39. The fourth-order valence-corrected chi connectivity index (χ4v) is 2.27. The summed E-state index contributed by atoms with van der Waals surface area (Å²) in [6.45, 7) is 0. The predicted molar refractivity (Wildman–Crippen MR) is 81.7 cm³/mol. The van der Waals surface area contributed by atoms with Gasteiger partial charge in [0, 0.05) is 6.07 Å². The van der Waals surface area contributed by atoms with Crippen LogP contribution in [0.15, 0.2) is 36.4 Å². The van der Waals surface area contributed by atoms with Gasteiger partial charge < -0.3 is 9.47 Å². The first-order chi connectivity index (χ1) is 11.2. The topological polar surface area (TPSA) is 81.7 Å². The first kappa shape index (κ1) is 17.7. The number of halogens is 2. The number of hydrogen-bond donors (Lipinski definition) is 1. The van der Waals surface area contributed by atoms with E-state index in [-0.39, 0.29) is 5.75 Å². The zero-order valence-electron chi connectivity index (χ0n) is 12.7. The van der Waals surface area contributed by atoms with Crippen LogP contribution in [0.3, 0.4) is 0 Å². The van der Waals surface area contributed by atoms with E-state index in [2.05, 4.69) is 0 Å². The fraction of sp³-hybridized carbons (Fsp3) is 0.133. The van der Waals surface area contributed by atoms with Crippen molar-refractivity contribution in [2.45, 2.75) is 0 Å². The molecule has 0 bridgehead atoms. The number of methoxy groups -OCH3 is 1. The molecule has 0 aliphatic carbocycles. The molecule has 0 unspecified atom stereocenters. The van der Waals surface area contributed by atoms with Crippen molar-refractivity contribution >= 4 is 15.9 Å². The molecule has 0 aliphatic rings. The Morgan fingerprint density at radius 1 is 1.04 bits per heavy atom. The van der Waals surface area contributed by atoms with E-state index in [4.69, 9.17) is 9.47 Å². The lowest BCUT2D eigenvalue weighted by Crippen LogP contribution is -2.30. The van der Waals surface area contributed by atoms with Crippen LogP contribution in [0.25, 0.3) is 0 Å². The Morgan fingerprint density at radius 2 is 1.67 bits per heavy atom. The molecule has 0 saturated heterocycles. The van der Waals surface area contributed by atoms with Crippen LogP contribution in [-0.4, -0.2) is 27.7 Å². The highest BCUT2D eigenvalue weighted by Crippen LogP contribution is 2.33. The van der Waals surface area contributed by atoms with Crippen LogP contribution < -0.4 is 14.2 Å². The van der Waals surface area contributed by atoms with Gasteiger partial charge in [0.2, 0.25) is 10.0 Å². The molecule has 0 aromatic heterocycles. The molecule has 0 radical (unpaired) electrons. The van der Waals surface area contributed by atoms with Crippen molar-refractivity contribution in [1.29, 1.82) is 0 Å². The molecule has 9 heteroatoms. The number of rotatable bonds is 5. The summed E-state index contributed by atoms with van der Waals surface area (Å²) in [6.07, 6.45) is 0.721. The maximum absolute atomic E-state index is 14.1. The molecule has 2 aromatic carbocycles. The van der Waals surface area contributed by atoms with Gasteiger partial charge in [0.1, 0.15) is 5.82 Å². The lowest BCUT2D eigenvalue weighted by molar-refractivity contribution is 0.0977. The first-order valence-electron chi connectivity index (χ1n) is 6.53. The molecule has 128 valence electrons. The largest absolute Gasteiger partial charge is 0.493 e. The number of nitrogens with one attached hydrogen (secondary N) is 1. The molecule has 0 aliphatic heterocycles. The molecule has 1 N–H and O–H groups in total. The van der Waals surface area contributed by atoms with Crippen molar-refractivity contribution in [3.05, 3.63) is 53.6 Å². The summed E-state index contributed by atoms with van der Waals surface area (Å²) >= 11 is 0. The molecule has 2 rings (SSSR count). The van der Waals surface area contributed by atoms with E-state index in [0.717, 1.165) is 6.26 Å². The summed E-state index contributed by atoms with van der Waals surface area (Å²) < 4.78 is 61.9. The third kappa shape index (κ3) is 4.19. The summed E-state index contributed by atoms with van der Waals surface area (Å²) in [5, 5.41) is 0. The van der Waals surface area contributed by atoms with Gasteiger partial charge in [-0.05, 0) is 18.2 Å². The quantitative estimate of drug-likeness (QED) is 0.889. The number of ether oxygens (including phenoxy) is 2. The Bertz CT molecular complexity index is 883. The first-order valence-corrected chi connectivity index (χ1v) is 8.42. The van der Waals surface area contributed by atoms with Crippen LogP contribution >= 0.6 is 0 Å². The minimum Gasteiger partial charge on any atom is -0.493 e. The number of para-hydroxylation sites is 2. The Balaban J connectivity index is 2.35. The maximum Gasteiger partial charge on any atom is 0.267 e. The van der Waals surface area contributed by atoms with Crippen LogP contribution in [0, 0.1) is 11.6 Å². The zero-order valence-corrected chi connectivity index (χ0v) is 13.5. The molecule has 24 heavy (non-hydrogen) atoms. The maximum atomic E-state index is 14.1. The van der Waals surface area contributed by atoms with Crippen molar-refractivity contribution in [3.8, 4) is 17.2 Å². The highest BCUT2D eigenvalue weighted by atomic mass is 32.2. The standard InChI is InChI=1S/C15H13F2NO5S/c1-22-12-5-3-4-6-13(12)23-14-8-10(16)9(7-11(14)17)15(19)18-24(2,20)21/h3-8H,1-2H3,(H,18,19). The Labute approximate surface area is 137 Å². The number of carbonyl (C=O) groups is 1. The van der Waals surface area contributed by atoms with E-state index in [0.29, 0.717) is 17.9 Å². The van der Waals surface area contributed by atoms with Crippen molar-refractivity contribution in [2.75, 3.05) is 13.4 Å². The summed E-state index contributed by atoms with van der Waals surface area (Å²) in [5.41, 5.74) is -0.759. The SMILES string of the molecule is COc1ccccc1Oc1cc(F)c(C(=O)NS(C)(=O)=O)cc1F. The molecule has 0 fully saturated rings. The van der Waals surface area contributed by atoms with Crippen LogP contribution in [0.2, 0.25) is 0 Å². The number of amides is 1. The summed E-state index contributed by atoms with van der Waals surface area (Å²) in [7, 11) is -2.52. The molecular formula is C15H13F2NO5S. The van der Waals surface area contributed by atoms with Gasteiger partial charge in [0.15, 0.2) is 23.1 Å². The van der Waals surface area contributed by atoms with E-state index in [1.54, 1.807) is 22.9 Å². The highest BCUT2D eigenvalue weighted by molar-refractivity contribution is 7.89. The van der Waals surface area contributed by atoms with Crippen molar-refractivity contribution in [3.63, 3.8) is 0 Å². The van der Waals surface area contributed by atoms with Gasteiger partial charge in [0.25, 0.3) is 5.91 Å².